The molecule has 13 nitrogen and oxygen atoms in total. The second-order valence-corrected chi connectivity index (χ2v) is 14.5. The van der Waals surface area contributed by atoms with Crippen LogP contribution in [0, 0.1) is 5.92 Å². The van der Waals surface area contributed by atoms with Gasteiger partial charge in [-0.2, -0.15) is 0 Å². The molecule has 2 aliphatic heterocycles. The second-order valence-electron chi connectivity index (χ2n) is 10.8. The van der Waals surface area contributed by atoms with Crippen molar-refractivity contribution < 1.29 is 37.1 Å². The van der Waals surface area contributed by atoms with Crippen LogP contribution < -0.4 is 25.0 Å². The first-order valence-electron chi connectivity index (χ1n) is 14.5. The van der Waals surface area contributed by atoms with E-state index < -0.39 is 62.2 Å². The molecule has 3 aromatic carbocycles. The van der Waals surface area contributed by atoms with Crippen molar-refractivity contribution in [2.24, 2.45) is 11.1 Å². The monoisotopic (exact) mass is 708 g/mol. The van der Waals surface area contributed by atoms with Crippen molar-refractivity contribution in [2.75, 3.05) is 23.9 Å². The molecule has 6 rings (SSSR count). The molecule has 1 saturated heterocycles. The summed E-state index contributed by atoms with van der Waals surface area (Å²) < 4.78 is 34.8. The summed E-state index contributed by atoms with van der Waals surface area (Å²) in [5.41, 5.74) is 1.53. The molecule has 3 atom stereocenters. The third-order valence-corrected chi connectivity index (χ3v) is 11.5. The van der Waals surface area contributed by atoms with Gasteiger partial charge in [0.25, 0.3) is 0 Å². The average Bonchev–Trinajstić information content (AvgIpc) is 3.50. The van der Waals surface area contributed by atoms with Gasteiger partial charge in [-0.3, -0.25) is 23.7 Å². The number of methoxy groups -OCH3 is 1. The molecule has 0 aliphatic carbocycles. The van der Waals surface area contributed by atoms with Gasteiger partial charge in [0.2, 0.25) is 27.7 Å². The number of ether oxygens (including phenoxy) is 2. The van der Waals surface area contributed by atoms with Gasteiger partial charge in [0, 0.05) is 16.5 Å². The predicted molar refractivity (Wildman–Crippen MR) is 178 cm³/mol. The third-order valence-electron chi connectivity index (χ3n) is 7.93. The van der Waals surface area contributed by atoms with Crippen molar-refractivity contribution in [3.8, 4) is 5.75 Å². The van der Waals surface area contributed by atoms with E-state index in [9.17, 15) is 32.4 Å². The number of carbonyl (C=O) groups is 4. The quantitative estimate of drug-likeness (QED) is 0.193. The topological polar surface area (TPSA) is 184 Å². The van der Waals surface area contributed by atoms with E-state index in [1.807, 2.05) is 0 Å². The van der Waals surface area contributed by atoms with Gasteiger partial charge in [-0.05, 0) is 73.2 Å². The molecule has 1 fully saturated rings. The summed E-state index contributed by atoms with van der Waals surface area (Å²) in [4.78, 5) is 67.9. The van der Waals surface area contributed by atoms with Crippen molar-refractivity contribution in [1.82, 2.24) is 4.57 Å². The number of amides is 3. The SMILES string of the molecule is CCOC(=O)c1ccc(N2C(=O)C3Sc4c(sc(=O)n4CC(=O)Nc4ccc(S(N)(=O)=O)cc4)C(c4ccc(OC)cc4)C3C2=O)cc1. The maximum Gasteiger partial charge on any atom is 0.338 e. The Morgan fingerprint density at radius 1 is 0.938 bits per heavy atom. The number of primary sulfonamides is 1. The van der Waals surface area contributed by atoms with Gasteiger partial charge < -0.3 is 14.8 Å². The van der Waals surface area contributed by atoms with Crippen LogP contribution in [0.1, 0.15) is 33.6 Å². The van der Waals surface area contributed by atoms with Gasteiger partial charge in [-0.25, -0.2) is 23.3 Å². The summed E-state index contributed by atoms with van der Waals surface area (Å²) in [7, 11) is -2.40. The number of thioether (sulfide) groups is 1. The zero-order chi connectivity index (χ0) is 34.3. The number of nitrogens with zero attached hydrogens (tertiary/aromatic N) is 2. The van der Waals surface area contributed by atoms with Gasteiger partial charge in [-0.1, -0.05) is 35.2 Å². The molecule has 0 bridgehead atoms. The molecular weight excluding hydrogens is 681 g/mol. The first-order valence-corrected chi connectivity index (χ1v) is 17.8. The lowest BCUT2D eigenvalue weighted by Gasteiger charge is -2.30. The fourth-order valence-corrected chi connectivity index (χ4v) is 9.00. The first kappa shape index (κ1) is 33.1. The lowest BCUT2D eigenvalue weighted by atomic mass is 9.83. The van der Waals surface area contributed by atoms with E-state index in [2.05, 4.69) is 5.32 Å². The molecule has 0 radical (unpaired) electrons. The molecule has 3 N–H and O–H groups in total. The number of anilines is 2. The van der Waals surface area contributed by atoms with Gasteiger partial charge >= 0.3 is 10.8 Å². The molecule has 2 aliphatic rings. The number of aromatic nitrogens is 1. The van der Waals surface area contributed by atoms with Crippen molar-refractivity contribution in [3.05, 3.63) is 98.5 Å². The van der Waals surface area contributed by atoms with E-state index in [-0.39, 0.29) is 28.4 Å². The molecule has 0 spiro atoms. The zero-order valence-electron chi connectivity index (χ0n) is 25.4. The Morgan fingerprint density at radius 2 is 1.60 bits per heavy atom. The Hall–Kier alpha value is -4.77. The third kappa shape index (κ3) is 6.14. The van der Waals surface area contributed by atoms with Crippen LogP contribution in [-0.2, 0) is 35.7 Å². The number of imide groups is 1. The number of rotatable bonds is 9. The number of fused-ring (bicyclic) bond motifs is 2. The van der Waals surface area contributed by atoms with Crippen molar-refractivity contribution in [2.45, 2.75) is 34.6 Å². The maximum absolute atomic E-state index is 14.1. The summed E-state index contributed by atoms with van der Waals surface area (Å²) >= 11 is 1.96. The minimum absolute atomic E-state index is 0.126. The number of carbonyl (C=O) groups excluding carboxylic acids is 4. The number of benzene rings is 3. The normalized spacial score (nSPS) is 18.6. The first-order chi connectivity index (χ1) is 22.9. The second kappa shape index (κ2) is 13.0. The number of hydrogen-bond donors (Lipinski definition) is 2. The number of hydrogen-bond acceptors (Lipinski definition) is 11. The van der Waals surface area contributed by atoms with E-state index in [0.29, 0.717) is 21.2 Å². The molecule has 48 heavy (non-hydrogen) atoms. The lowest BCUT2D eigenvalue weighted by Crippen LogP contribution is -2.33. The average molecular weight is 709 g/mol. The highest BCUT2D eigenvalue weighted by Gasteiger charge is 2.56. The highest BCUT2D eigenvalue weighted by molar-refractivity contribution is 8.00. The summed E-state index contributed by atoms with van der Waals surface area (Å²) in [5, 5.41) is 7.27. The van der Waals surface area contributed by atoms with Gasteiger partial charge in [0.15, 0.2) is 0 Å². The minimum Gasteiger partial charge on any atom is -0.497 e. The molecule has 248 valence electrons. The number of nitrogens with one attached hydrogen (secondary N) is 1. The molecule has 3 unspecified atom stereocenters. The Labute approximate surface area is 282 Å². The Kier molecular flexibility index (Phi) is 9.00. The molecule has 0 saturated carbocycles. The van der Waals surface area contributed by atoms with Crippen molar-refractivity contribution in [3.63, 3.8) is 0 Å². The van der Waals surface area contributed by atoms with Crippen LogP contribution in [0.3, 0.4) is 0 Å². The Balaban J connectivity index is 1.35. The fourth-order valence-electron chi connectivity index (χ4n) is 5.71. The van der Waals surface area contributed by atoms with Gasteiger partial charge in [0.1, 0.15) is 17.5 Å². The number of esters is 1. The van der Waals surface area contributed by atoms with Crippen molar-refractivity contribution in [1.29, 1.82) is 0 Å². The van der Waals surface area contributed by atoms with Crippen LogP contribution in [0.4, 0.5) is 11.4 Å². The van der Waals surface area contributed by atoms with Crippen LogP contribution in [0.25, 0.3) is 0 Å². The molecular formula is C32H28N4O9S3. The minimum atomic E-state index is -3.92. The van der Waals surface area contributed by atoms with Crippen LogP contribution in [0.2, 0.25) is 0 Å². The molecule has 4 aromatic rings. The fraction of sp³-hybridized carbons (Fsp3) is 0.219. The van der Waals surface area contributed by atoms with E-state index in [1.165, 1.54) is 60.2 Å². The lowest BCUT2D eigenvalue weighted by molar-refractivity contribution is -0.122. The number of nitrogens with two attached hydrogens (primary N) is 1. The molecule has 3 amide bonds. The van der Waals surface area contributed by atoms with E-state index in [1.54, 1.807) is 31.2 Å². The Bertz CT molecular complexity index is 2090. The zero-order valence-corrected chi connectivity index (χ0v) is 27.9. The standard InChI is InChI=1S/C32H28N4O9S3/c1-3-45-31(40)18-4-10-20(11-5-18)36-28(38)25-24(17-6-12-21(44-2)13-7-17)27-30(46-26(25)29(36)39)35(32(41)47-27)16-23(37)34-19-8-14-22(15-9-19)48(33,42)43/h4-15,24-26H,3,16H2,1-2H3,(H,34,37)(H2,33,42,43). The summed E-state index contributed by atoms with van der Waals surface area (Å²) in [6, 6.07) is 18.3. The van der Waals surface area contributed by atoms with E-state index in [0.717, 1.165) is 28.0 Å². The predicted octanol–water partition coefficient (Wildman–Crippen LogP) is 3.18. The van der Waals surface area contributed by atoms with Crippen LogP contribution >= 0.6 is 23.1 Å². The number of thiazole rings is 1. The molecule has 3 heterocycles. The summed E-state index contributed by atoms with van der Waals surface area (Å²) in [6.07, 6.45) is 0. The maximum atomic E-state index is 14.1. The van der Waals surface area contributed by atoms with Crippen molar-refractivity contribution >= 4 is 68.2 Å². The smallest absolute Gasteiger partial charge is 0.338 e. The number of sulfonamides is 1. The highest BCUT2D eigenvalue weighted by Crippen LogP contribution is 2.54. The summed E-state index contributed by atoms with van der Waals surface area (Å²) in [6.45, 7) is 1.49. The Morgan fingerprint density at radius 3 is 2.21 bits per heavy atom. The van der Waals surface area contributed by atoms with Crippen LogP contribution in [-0.4, -0.2) is 55.6 Å². The van der Waals surface area contributed by atoms with Gasteiger partial charge in [0.05, 0.1) is 40.8 Å². The van der Waals surface area contributed by atoms with Crippen LogP contribution in [0.15, 0.2) is 87.5 Å². The molecule has 16 heteroatoms. The van der Waals surface area contributed by atoms with Gasteiger partial charge in [-0.15, -0.1) is 0 Å². The molecule has 1 aromatic heterocycles. The van der Waals surface area contributed by atoms with E-state index >= 15 is 0 Å². The summed E-state index contributed by atoms with van der Waals surface area (Å²) in [5.74, 6) is -3.03. The van der Waals surface area contributed by atoms with E-state index in [4.69, 9.17) is 14.6 Å². The largest absolute Gasteiger partial charge is 0.497 e. The van der Waals surface area contributed by atoms with Crippen LogP contribution in [0.5, 0.6) is 5.75 Å². The highest BCUT2D eigenvalue weighted by atomic mass is 32.2.